The number of carbonyl (C=O) groups is 3. The molecule has 0 aromatic heterocycles. The molecule has 0 spiro atoms. The van der Waals surface area contributed by atoms with Gasteiger partial charge in [0, 0.05) is 9.40 Å². The SMILES string of the molecule is CCOC(=O)[C@@H](C[N+](=O)[O-])[C@@H]1C(=O)N(C(=O)OC(C)(C)C)c2ccc(Br)cc21. The Balaban J connectivity index is 2.54. The van der Waals surface area contributed by atoms with Crippen molar-refractivity contribution in [2.24, 2.45) is 5.92 Å². The Hall–Kier alpha value is -2.49. The number of carbonyl (C=O) groups excluding carboxylic acids is 3. The van der Waals surface area contributed by atoms with E-state index in [9.17, 15) is 24.5 Å². The fraction of sp³-hybridized carbons (Fsp3) is 0.500. The summed E-state index contributed by atoms with van der Waals surface area (Å²) < 4.78 is 10.8. The van der Waals surface area contributed by atoms with E-state index in [0.29, 0.717) is 10.0 Å². The van der Waals surface area contributed by atoms with Crippen LogP contribution in [0.15, 0.2) is 22.7 Å². The number of halogens is 1. The summed E-state index contributed by atoms with van der Waals surface area (Å²) in [6, 6.07) is 4.71. The zero-order valence-corrected chi connectivity index (χ0v) is 17.5. The molecule has 0 saturated heterocycles. The van der Waals surface area contributed by atoms with Gasteiger partial charge < -0.3 is 9.47 Å². The predicted octanol–water partition coefficient (Wildman–Crippen LogP) is 3.27. The van der Waals surface area contributed by atoms with Gasteiger partial charge in [-0.2, -0.15) is 0 Å². The first-order chi connectivity index (χ1) is 13.0. The third kappa shape index (κ3) is 4.67. The third-order valence-electron chi connectivity index (χ3n) is 3.97. The molecule has 0 aliphatic carbocycles. The zero-order chi connectivity index (χ0) is 21.2. The third-order valence-corrected chi connectivity index (χ3v) is 4.46. The van der Waals surface area contributed by atoms with E-state index in [1.165, 1.54) is 6.07 Å². The second kappa shape index (κ2) is 8.26. The Labute approximate surface area is 170 Å². The highest BCUT2D eigenvalue weighted by atomic mass is 79.9. The first-order valence-corrected chi connectivity index (χ1v) is 9.40. The molecule has 2 rings (SSSR count). The second-order valence-corrected chi connectivity index (χ2v) is 8.12. The molecule has 0 bridgehead atoms. The number of esters is 1. The van der Waals surface area contributed by atoms with Crippen molar-refractivity contribution in [1.82, 2.24) is 0 Å². The predicted molar refractivity (Wildman–Crippen MR) is 103 cm³/mol. The first kappa shape index (κ1) is 21.8. The Bertz CT molecular complexity index is 819. The number of nitrogens with zero attached hydrogens (tertiary/aromatic N) is 2. The summed E-state index contributed by atoms with van der Waals surface area (Å²) >= 11 is 3.29. The van der Waals surface area contributed by atoms with Crippen molar-refractivity contribution in [3.8, 4) is 0 Å². The maximum Gasteiger partial charge on any atom is 0.421 e. The van der Waals surface area contributed by atoms with E-state index in [2.05, 4.69) is 15.9 Å². The van der Waals surface area contributed by atoms with Gasteiger partial charge in [-0.15, -0.1) is 0 Å². The molecular formula is C18H21BrN2O7. The summed E-state index contributed by atoms with van der Waals surface area (Å²) in [6.07, 6.45) is -0.910. The number of fused-ring (bicyclic) bond motifs is 1. The smallest absolute Gasteiger partial charge is 0.421 e. The van der Waals surface area contributed by atoms with E-state index in [4.69, 9.17) is 9.47 Å². The molecule has 152 valence electrons. The Morgan fingerprint density at radius 2 is 2.00 bits per heavy atom. The van der Waals surface area contributed by atoms with Gasteiger partial charge in [0.25, 0.3) is 0 Å². The van der Waals surface area contributed by atoms with E-state index in [-0.39, 0.29) is 12.3 Å². The summed E-state index contributed by atoms with van der Waals surface area (Å²) in [6.45, 7) is 5.73. The van der Waals surface area contributed by atoms with Crippen molar-refractivity contribution in [1.29, 1.82) is 0 Å². The van der Waals surface area contributed by atoms with Crippen LogP contribution in [-0.4, -0.2) is 41.6 Å². The van der Waals surface area contributed by atoms with Gasteiger partial charge in [-0.25, -0.2) is 9.69 Å². The van der Waals surface area contributed by atoms with Crippen LogP contribution in [0.2, 0.25) is 0 Å². The van der Waals surface area contributed by atoms with Crippen LogP contribution in [0.5, 0.6) is 0 Å². The molecule has 0 radical (unpaired) electrons. The molecule has 9 nitrogen and oxygen atoms in total. The molecule has 1 aliphatic heterocycles. The highest BCUT2D eigenvalue weighted by Gasteiger charge is 2.50. The number of ether oxygens (including phenoxy) is 2. The maximum absolute atomic E-state index is 13.1. The highest BCUT2D eigenvalue weighted by molar-refractivity contribution is 9.10. The Kier molecular flexibility index (Phi) is 6.43. The molecule has 0 unspecified atom stereocenters. The molecule has 1 heterocycles. The number of benzene rings is 1. The van der Waals surface area contributed by atoms with E-state index in [0.717, 1.165) is 4.90 Å². The summed E-state index contributed by atoms with van der Waals surface area (Å²) in [7, 11) is 0. The van der Waals surface area contributed by atoms with Crippen molar-refractivity contribution in [3.05, 3.63) is 38.3 Å². The number of hydrogen-bond donors (Lipinski definition) is 0. The molecule has 2 amide bonds. The minimum atomic E-state index is -1.37. The minimum Gasteiger partial charge on any atom is -0.466 e. The van der Waals surface area contributed by atoms with Crippen molar-refractivity contribution in [3.63, 3.8) is 0 Å². The van der Waals surface area contributed by atoms with Crippen LogP contribution in [-0.2, 0) is 19.1 Å². The zero-order valence-electron chi connectivity index (χ0n) is 15.9. The molecule has 0 fully saturated rings. The van der Waals surface area contributed by atoms with Crippen molar-refractivity contribution < 1.29 is 28.8 Å². The molecular weight excluding hydrogens is 436 g/mol. The fourth-order valence-corrected chi connectivity index (χ4v) is 3.36. The summed E-state index contributed by atoms with van der Waals surface area (Å²) in [4.78, 5) is 49.4. The van der Waals surface area contributed by atoms with Gasteiger partial charge in [0.2, 0.25) is 12.5 Å². The lowest BCUT2D eigenvalue weighted by Crippen LogP contribution is -2.42. The number of anilines is 1. The van der Waals surface area contributed by atoms with Crippen molar-refractivity contribution in [2.75, 3.05) is 18.1 Å². The lowest BCUT2D eigenvalue weighted by molar-refractivity contribution is -0.486. The highest BCUT2D eigenvalue weighted by Crippen LogP contribution is 2.43. The Morgan fingerprint density at radius 1 is 1.36 bits per heavy atom. The van der Waals surface area contributed by atoms with Gasteiger partial charge in [0.1, 0.15) is 11.5 Å². The van der Waals surface area contributed by atoms with Crippen LogP contribution in [0.1, 0.15) is 39.2 Å². The molecule has 0 saturated carbocycles. The molecule has 10 heteroatoms. The van der Waals surface area contributed by atoms with Gasteiger partial charge in [-0.1, -0.05) is 15.9 Å². The summed E-state index contributed by atoms with van der Waals surface area (Å²) in [5.41, 5.74) is -0.304. The maximum atomic E-state index is 13.1. The van der Waals surface area contributed by atoms with Gasteiger partial charge in [-0.05, 0) is 51.5 Å². The molecule has 1 aromatic rings. The van der Waals surface area contributed by atoms with Crippen LogP contribution < -0.4 is 4.90 Å². The van der Waals surface area contributed by atoms with Crippen LogP contribution in [0, 0.1) is 16.0 Å². The van der Waals surface area contributed by atoms with Gasteiger partial charge in [0.15, 0.2) is 0 Å². The Morgan fingerprint density at radius 3 is 2.54 bits per heavy atom. The topological polar surface area (TPSA) is 116 Å². The van der Waals surface area contributed by atoms with Gasteiger partial charge in [-0.3, -0.25) is 19.7 Å². The average Bonchev–Trinajstić information content (AvgIpc) is 2.82. The van der Waals surface area contributed by atoms with Gasteiger partial charge in [0.05, 0.1) is 18.2 Å². The molecule has 1 aromatic carbocycles. The standard InChI is InChI=1S/C18H21BrN2O7/c1-5-27-16(23)12(9-20(25)26)14-11-8-10(19)6-7-13(11)21(15(14)22)17(24)28-18(2,3)4/h6-8,12,14H,5,9H2,1-4H3/t12-,14+/m0/s1. The van der Waals surface area contributed by atoms with E-state index in [1.807, 2.05) is 0 Å². The molecule has 2 atom stereocenters. The fourth-order valence-electron chi connectivity index (χ4n) is 2.98. The quantitative estimate of drug-likeness (QED) is 0.379. The van der Waals surface area contributed by atoms with E-state index in [1.54, 1.807) is 39.8 Å². The number of rotatable bonds is 5. The average molecular weight is 457 g/mol. The summed E-state index contributed by atoms with van der Waals surface area (Å²) in [5.74, 6) is -4.23. The van der Waals surface area contributed by atoms with Crippen molar-refractivity contribution in [2.45, 2.75) is 39.2 Å². The van der Waals surface area contributed by atoms with Crippen LogP contribution in [0.25, 0.3) is 0 Å². The van der Waals surface area contributed by atoms with E-state index < -0.39 is 46.9 Å². The van der Waals surface area contributed by atoms with Crippen LogP contribution in [0.4, 0.5) is 10.5 Å². The van der Waals surface area contributed by atoms with Gasteiger partial charge >= 0.3 is 12.1 Å². The number of amides is 2. The number of hydrogen-bond acceptors (Lipinski definition) is 7. The largest absolute Gasteiger partial charge is 0.466 e. The normalized spacial score (nSPS) is 17.1. The van der Waals surface area contributed by atoms with Crippen LogP contribution >= 0.6 is 15.9 Å². The summed E-state index contributed by atoms with van der Waals surface area (Å²) in [5, 5.41) is 11.1. The minimum absolute atomic E-state index is 0.00901. The molecule has 28 heavy (non-hydrogen) atoms. The lowest BCUT2D eigenvalue weighted by Gasteiger charge is -2.24. The molecule has 0 N–H and O–H groups in total. The number of nitro groups is 1. The number of imide groups is 1. The second-order valence-electron chi connectivity index (χ2n) is 7.21. The monoisotopic (exact) mass is 456 g/mol. The first-order valence-electron chi connectivity index (χ1n) is 8.61. The van der Waals surface area contributed by atoms with E-state index >= 15 is 0 Å². The molecule has 1 aliphatic rings. The van der Waals surface area contributed by atoms with Crippen LogP contribution in [0.3, 0.4) is 0 Å². The van der Waals surface area contributed by atoms with Crippen molar-refractivity contribution >= 4 is 39.6 Å². The lowest BCUT2D eigenvalue weighted by atomic mass is 9.87.